The van der Waals surface area contributed by atoms with Crippen molar-refractivity contribution in [2.75, 3.05) is 0 Å². The van der Waals surface area contributed by atoms with Crippen LogP contribution in [0.3, 0.4) is 0 Å². The van der Waals surface area contributed by atoms with E-state index in [0.29, 0.717) is 18.8 Å². The minimum Gasteiger partial charge on any atom is -0.457 e. The number of aliphatic hydroxyl groups is 1. The van der Waals surface area contributed by atoms with Gasteiger partial charge in [-0.1, -0.05) is 64.0 Å². The highest BCUT2D eigenvalue weighted by atomic mass is 16.6. The molecule has 3 rings (SSSR count). The van der Waals surface area contributed by atoms with Crippen LogP contribution in [-0.4, -0.2) is 47.7 Å². The molecule has 4 bridgehead atoms. The van der Waals surface area contributed by atoms with Gasteiger partial charge in [-0.3, -0.25) is 4.79 Å². The van der Waals surface area contributed by atoms with Crippen molar-refractivity contribution in [1.29, 1.82) is 0 Å². The minimum atomic E-state index is -0.444. The molecule has 0 aliphatic carbocycles. The zero-order valence-electron chi connectivity index (χ0n) is 21.4. The van der Waals surface area contributed by atoms with Crippen LogP contribution in [-0.2, 0) is 19.0 Å². The Balaban J connectivity index is 1.74. The van der Waals surface area contributed by atoms with Crippen LogP contribution < -0.4 is 0 Å². The molecule has 3 aliphatic rings. The predicted molar refractivity (Wildman–Crippen MR) is 135 cm³/mol. The zero-order valence-corrected chi connectivity index (χ0v) is 21.4. The Kier molecular flexibility index (Phi) is 11.4. The number of hydrogen-bond donors (Lipinski definition) is 1. The van der Waals surface area contributed by atoms with E-state index in [9.17, 15) is 9.90 Å². The number of carbonyl (C=O) groups excluding carboxylic acids is 1. The van der Waals surface area contributed by atoms with Gasteiger partial charge in [0.25, 0.3) is 0 Å². The highest BCUT2D eigenvalue weighted by molar-refractivity contribution is 5.70. The van der Waals surface area contributed by atoms with E-state index in [4.69, 9.17) is 14.2 Å². The molecule has 0 saturated carbocycles. The molecule has 3 aliphatic heterocycles. The maximum absolute atomic E-state index is 12.9. The first-order valence-corrected chi connectivity index (χ1v) is 13.6. The molecule has 34 heavy (non-hydrogen) atoms. The number of hydrogen-bond acceptors (Lipinski definition) is 5. The molecule has 192 valence electrons. The Labute approximate surface area is 206 Å². The van der Waals surface area contributed by atoms with Gasteiger partial charge >= 0.3 is 5.97 Å². The number of unbranched alkanes of at least 4 members (excludes halogenated alkanes) is 2. The molecule has 1 N–H and O–H groups in total. The summed E-state index contributed by atoms with van der Waals surface area (Å²) in [4.78, 5) is 12.9. The van der Waals surface area contributed by atoms with Crippen LogP contribution in [0, 0.1) is 11.8 Å². The lowest BCUT2D eigenvalue weighted by molar-refractivity contribution is -0.161. The quantitative estimate of drug-likeness (QED) is 0.227. The maximum atomic E-state index is 12.9. The Bertz CT molecular complexity index is 699. The van der Waals surface area contributed by atoms with Crippen LogP contribution in [0.5, 0.6) is 0 Å². The molecule has 2 fully saturated rings. The lowest BCUT2D eigenvalue weighted by Crippen LogP contribution is -2.40. The highest BCUT2D eigenvalue weighted by Gasteiger charge is 2.34. The van der Waals surface area contributed by atoms with Gasteiger partial charge in [-0.15, -0.1) is 0 Å². The predicted octanol–water partition coefficient (Wildman–Crippen LogP) is 6.06. The Morgan fingerprint density at radius 3 is 2.50 bits per heavy atom. The largest absolute Gasteiger partial charge is 0.457 e. The second-order valence-corrected chi connectivity index (χ2v) is 10.6. The normalized spacial score (nSPS) is 39.2. The molecular weight excluding hydrogens is 428 g/mol. The van der Waals surface area contributed by atoms with Crippen LogP contribution in [0.4, 0.5) is 0 Å². The summed E-state index contributed by atoms with van der Waals surface area (Å²) in [5.41, 5.74) is 0. The van der Waals surface area contributed by atoms with Crippen molar-refractivity contribution in [2.24, 2.45) is 11.8 Å². The van der Waals surface area contributed by atoms with Gasteiger partial charge in [0.15, 0.2) is 0 Å². The molecule has 0 aromatic carbocycles. The van der Waals surface area contributed by atoms with E-state index in [2.05, 4.69) is 39.0 Å². The first kappa shape index (κ1) is 27.2. The SMILES string of the molecule is CCCCC=C/C=C/C1OC(=O)CC2C[C@H](O)C[C@H](CC3CCC[C@H](C[C@@H](C)/C=C/[C@@H]1C)O3)O2. The number of esters is 1. The van der Waals surface area contributed by atoms with Crippen molar-refractivity contribution in [2.45, 2.75) is 128 Å². The number of ether oxygens (including phenoxy) is 3. The third-order valence-electron chi connectivity index (χ3n) is 7.25. The molecule has 0 aromatic rings. The summed E-state index contributed by atoms with van der Waals surface area (Å²) in [6.07, 6.45) is 21.7. The second kappa shape index (κ2) is 14.2. The van der Waals surface area contributed by atoms with Crippen LogP contribution >= 0.6 is 0 Å². The Morgan fingerprint density at radius 2 is 1.71 bits per heavy atom. The molecule has 8 atom stereocenters. The fourth-order valence-electron chi connectivity index (χ4n) is 5.34. The molecule has 0 radical (unpaired) electrons. The lowest BCUT2D eigenvalue weighted by atomic mass is 9.90. The second-order valence-electron chi connectivity index (χ2n) is 10.6. The van der Waals surface area contributed by atoms with E-state index < -0.39 is 6.10 Å². The van der Waals surface area contributed by atoms with E-state index in [0.717, 1.165) is 32.1 Å². The van der Waals surface area contributed by atoms with Gasteiger partial charge in [0, 0.05) is 12.3 Å². The average Bonchev–Trinajstić information content (AvgIpc) is 2.78. The van der Waals surface area contributed by atoms with E-state index >= 15 is 0 Å². The first-order chi connectivity index (χ1) is 16.4. The molecule has 0 spiro atoms. The van der Waals surface area contributed by atoms with Crippen molar-refractivity contribution < 1.29 is 24.1 Å². The number of aliphatic hydroxyl groups excluding tert-OH is 1. The van der Waals surface area contributed by atoms with Crippen LogP contribution in [0.15, 0.2) is 36.5 Å². The molecule has 3 heterocycles. The summed E-state index contributed by atoms with van der Waals surface area (Å²) in [5, 5.41) is 10.4. The van der Waals surface area contributed by atoms with Gasteiger partial charge in [-0.2, -0.15) is 0 Å². The molecular formula is C29H46O5. The van der Waals surface area contributed by atoms with Gasteiger partial charge in [-0.25, -0.2) is 0 Å². The van der Waals surface area contributed by atoms with E-state index in [1.54, 1.807) is 0 Å². The van der Waals surface area contributed by atoms with Crippen molar-refractivity contribution >= 4 is 5.97 Å². The van der Waals surface area contributed by atoms with Gasteiger partial charge in [0.1, 0.15) is 6.10 Å². The summed E-state index contributed by atoms with van der Waals surface area (Å²) < 4.78 is 18.6. The van der Waals surface area contributed by atoms with Crippen LogP contribution in [0.1, 0.15) is 91.4 Å². The highest BCUT2D eigenvalue weighted by Crippen LogP contribution is 2.31. The Morgan fingerprint density at radius 1 is 0.971 bits per heavy atom. The summed E-state index contributed by atoms with van der Waals surface area (Å²) in [5.74, 6) is 0.188. The van der Waals surface area contributed by atoms with Crippen molar-refractivity contribution in [3.05, 3.63) is 36.5 Å². The summed E-state index contributed by atoms with van der Waals surface area (Å²) in [6.45, 7) is 6.52. The van der Waals surface area contributed by atoms with Crippen molar-refractivity contribution in [3.63, 3.8) is 0 Å². The minimum absolute atomic E-state index is 0.0604. The summed E-state index contributed by atoms with van der Waals surface area (Å²) in [7, 11) is 0. The molecule has 3 unspecified atom stereocenters. The number of allylic oxidation sites excluding steroid dienone is 4. The van der Waals surface area contributed by atoms with Gasteiger partial charge in [0.2, 0.25) is 0 Å². The van der Waals surface area contributed by atoms with E-state index in [1.807, 2.05) is 18.2 Å². The third kappa shape index (κ3) is 9.31. The molecule has 5 nitrogen and oxygen atoms in total. The van der Waals surface area contributed by atoms with Gasteiger partial charge < -0.3 is 19.3 Å². The number of fused-ring (bicyclic) bond motifs is 4. The number of carbonyl (C=O) groups is 1. The summed E-state index contributed by atoms with van der Waals surface area (Å²) in [6, 6.07) is 0. The fraction of sp³-hybridized carbons (Fsp3) is 0.759. The molecule has 2 saturated heterocycles. The topological polar surface area (TPSA) is 65.0 Å². The van der Waals surface area contributed by atoms with Crippen molar-refractivity contribution in [3.8, 4) is 0 Å². The average molecular weight is 475 g/mol. The lowest BCUT2D eigenvalue weighted by Gasteiger charge is -2.37. The number of rotatable bonds is 5. The van der Waals surface area contributed by atoms with Crippen LogP contribution in [0.2, 0.25) is 0 Å². The molecule has 5 heteroatoms. The standard InChI is InChI=1S/C29H46O5/c1-4-5-6-7-8-9-13-28-22(3)15-14-21(2)16-24-11-10-12-25(32-24)19-26-17-23(30)18-27(33-26)20-29(31)34-28/h7-9,13-15,21-28,30H,4-6,10-12,16-20H2,1-3H3/b8-7?,13-9+,15-14+/t21-,22-,23+,24+,25?,26+,27?,28?/m0/s1. The van der Waals surface area contributed by atoms with Crippen molar-refractivity contribution in [1.82, 2.24) is 0 Å². The molecule has 0 amide bonds. The van der Waals surface area contributed by atoms with Crippen LogP contribution in [0.25, 0.3) is 0 Å². The summed E-state index contributed by atoms with van der Waals surface area (Å²) >= 11 is 0. The van der Waals surface area contributed by atoms with E-state index in [1.165, 1.54) is 19.3 Å². The zero-order chi connectivity index (χ0) is 24.3. The van der Waals surface area contributed by atoms with Gasteiger partial charge in [-0.05, 0) is 56.9 Å². The van der Waals surface area contributed by atoms with E-state index in [-0.39, 0.29) is 48.8 Å². The smallest absolute Gasteiger partial charge is 0.309 e. The van der Waals surface area contributed by atoms with Gasteiger partial charge in [0.05, 0.1) is 36.9 Å². The number of cyclic esters (lactones) is 1. The first-order valence-electron chi connectivity index (χ1n) is 13.6. The Hall–Kier alpha value is -1.43. The third-order valence-corrected chi connectivity index (χ3v) is 7.25. The monoisotopic (exact) mass is 474 g/mol. The maximum Gasteiger partial charge on any atom is 0.309 e. The molecule has 0 aromatic heterocycles. The fourth-order valence-corrected chi connectivity index (χ4v) is 5.34.